The zero-order valence-corrected chi connectivity index (χ0v) is 13.4. The molecule has 0 amide bonds. The molecule has 0 aromatic heterocycles. The summed E-state index contributed by atoms with van der Waals surface area (Å²) in [5.41, 5.74) is 1.54. The highest BCUT2D eigenvalue weighted by molar-refractivity contribution is 7.89. The van der Waals surface area contributed by atoms with Crippen LogP contribution < -0.4 is 4.72 Å². The molecule has 2 aromatic rings. The Kier molecular flexibility index (Phi) is 5.71. The Balaban J connectivity index is 2.40. The van der Waals surface area contributed by atoms with Gasteiger partial charge in [0.15, 0.2) is 0 Å². The van der Waals surface area contributed by atoms with Crippen LogP contribution in [0.5, 0.6) is 0 Å². The highest BCUT2D eigenvalue weighted by atomic mass is 32.2. The Morgan fingerprint density at radius 1 is 1.05 bits per heavy atom. The number of sulfonamides is 1. The number of benzene rings is 2. The number of aliphatic hydroxyl groups excluding tert-OH is 1. The Morgan fingerprint density at radius 3 is 2.32 bits per heavy atom. The number of hydrogen-bond donors (Lipinski definition) is 2. The number of rotatable bonds is 7. The molecule has 0 aliphatic rings. The molecule has 2 aromatic carbocycles. The van der Waals surface area contributed by atoms with E-state index in [0.717, 1.165) is 5.56 Å². The van der Waals surface area contributed by atoms with Crippen LogP contribution in [-0.4, -0.2) is 26.2 Å². The summed E-state index contributed by atoms with van der Waals surface area (Å²) in [6, 6.07) is 16.1. The van der Waals surface area contributed by atoms with Gasteiger partial charge in [-0.3, -0.25) is 0 Å². The van der Waals surface area contributed by atoms with Crippen LogP contribution >= 0.6 is 0 Å². The second-order valence-electron chi connectivity index (χ2n) is 5.10. The van der Waals surface area contributed by atoms with Crippen LogP contribution in [0.15, 0.2) is 59.5 Å². The van der Waals surface area contributed by atoms with Gasteiger partial charge in [0.25, 0.3) is 0 Å². The Morgan fingerprint density at radius 2 is 1.68 bits per heavy atom. The highest BCUT2D eigenvalue weighted by Crippen LogP contribution is 2.27. The molecule has 22 heavy (non-hydrogen) atoms. The van der Waals surface area contributed by atoms with Crippen LogP contribution in [0.3, 0.4) is 0 Å². The van der Waals surface area contributed by atoms with Crippen molar-refractivity contribution in [2.24, 2.45) is 0 Å². The van der Waals surface area contributed by atoms with Crippen LogP contribution in [0.25, 0.3) is 11.1 Å². The predicted molar refractivity (Wildman–Crippen MR) is 88.0 cm³/mol. The molecule has 0 radical (unpaired) electrons. The van der Waals surface area contributed by atoms with Crippen molar-refractivity contribution in [3.63, 3.8) is 0 Å². The van der Waals surface area contributed by atoms with Crippen LogP contribution in [0, 0.1) is 0 Å². The van der Waals surface area contributed by atoms with E-state index in [1.165, 1.54) is 0 Å². The van der Waals surface area contributed by atoms with Gasteiger partial charge in [-0.15, -0.1) is 0 Å². The van der Waals surface area contributed by atoms with Crippen molar-refractivity contribution in [1.82, 2.24) is 4.72 Å². The normalized spacial score (nSPS) is 13.0. The third-order valence-corrected chi connectivity index (χ3v) is 5.13. The van der Waals surface area contributed by atoms with Gasteiger partial charge in [-0.05, 0) is 24.5 Å². The van der Waals surface area contributed by atoms with Crippen LogP contribution in [0.2, 0.25) is 0 Å². The highest BCUT2D eigenvalue weighted by Gasteiger charge is 2.22. The summed E-state index contributed by atoms with van der Waals surface area (Å²) in [5, 5.41) is 9.03. The molecule has 2 N–H and O–H groups in total. The minimum absolute atomic E-state index is 0.0403. The number of hydrogen-bond acceptors (Lipinski definition) is 3. The van der Waals surface area contributed by atoms with Gasteiger partial charge in [-0.1, -0.05) is 55.5 Å². The standard InChI is InChI=1S/C17H21NO3S/c1-2-15(12-13-19)18-22(20,21)17-11-7-6-10-16(17)14-8-4-3-5-9-14/h3-11,15,18-19H,2,12-13H2,1H3. The average molecular weight is 319 g/mol. The van der Waals surface area contributed by atoms with Crippen LogP contribution in [-0.2, 0) is 10.0 Å². The smallest absolute Gasteiger partial charge is 0.241 e. The molecule has 4 nitrogen and oxygen atoms in total. The SMILES string of the molecule is CCC(CCO)NS(=O)(=O)c1ccccc1-c1ccccc1. The summed E-state index contributed by atoms with van der Waals surface area (Å²) in [7, 11) is -3.63. The zero-order chi connectivity index (χ0) is 16.0. The molecule has 0 spiro atoms. The molecule has 0 saturated heterocycles. The maximum Gasteiger partial charge on any atom is 0.241 e. The van der Waals surface area contributed by atoms with E-state index in [-0.39, 0.29) is 17.5 Å². The van der Waals surface area contributed by atoms with Gasteiger partial charge in [0.2, 0.25) is 10.0 Å². The monoisotopic (exact) mass is 319 g/mol. The van der Waals surface area contributed by atoms with Crippen molar-refractivity contribution in [2.45, 2.75) is 30.7 Å². The summed E-state index contributed by atoms with van der Waals surface area (Å²) in [5.74, 6) is 0. The average Bonchev–Trinajstić information content (AvgIpc) is 2.55. The first-order valence-corrected chi connectivity index (χ1v) is 8.84. The topological polar surface area (TPSA) is 66.4 Å². The van der Waals surface area contributed by atoms with Gasteiger partial charge in [0.1, 0.15) is 0 Å². The fourth-order valence-corrected chi connectivity index (χ4v) is 3.93. The van der Waals surface area contributed by atoms with E-state index in [2.05, 4.69) is 4.72 Å². The third-order valence-electron chi connectivity index (χ3n) is 3.55. The molecule has 2 rings (SSSR count). The van der Waals surface area contributed by atoms with Crippen molar-refractivity contribution >= 4 is 10.0 Å². The first kappa shape index (κ1) is 16.7. The molecule has 0 heterocycles. The number of aliphatic hydroxyl groups is 1. The lowest BCUT2D eigenvalue weighted by molar-refractivity contribution is 0.270. The predicted octanol–water partition coefficient (Wildman–Crippen LogP) is 2.79. The quantitative estimate of drug-likeness (QED) is 0.824. The van der Waals surface area contributed by atoms with E-state index >= 15 is 0 Å². The van der Waals surface area contributed by atoms with Gasteiger partial charge in [0, 0.05) is 18.2 Å². The fourth-order valence-electron chi connectivity index (χ4n) is 2.34. The molecule has 1 atom stereocenters. The molecule has 0 aliphatic heterocycles. The molecule has 0 saturated carbocycles. The fraction of sp³-hybridized carbons (Fsp3) is 0.294. The molecule has 5 heteroatoms. The first-order chi connectivity index (χ1) is 10.6. The van der Waals surface area contributed by atoms with Crippen molar-refractivity contribution in [1.29, 1.82) is 0 Å². The first-order valence-electron chi connectivity index (χ1n) is 7.36. The molecule has 0 aliphatic carbocycles. The summed E-state index contributed by atoms with van der Waals surface area (Å²) in [6.45, 7) is 1.85. The van der Waals surface area contributed by atoms with Gasteiger partial charge < -0.3 is 5.11 Å². The Labute approximate surface area is 131 Å². The maximum atomic E-state index is 12.7. The molecule has 118 valence electrons. The van der Waals surface area contributed by atoms with E-state index in [9.17, 15) is 8.42 Å². The summed E-state index contributed by atoms with van der Waals surface area (Å²) in [4.78, 5) is 0.262. The van der Waals surface area contributed by atoms with E-state index in [0.29, 0.717) is 18.4 Å². The van der Waals surface area contributed by atoms with Gasteiger partial charge in [-0.2, -0.15) is 0 Å². The van der Waals surface area contributed by atoms with Gasteiger partial charge in [-0.25, -0.2) is 13.1 Å². The summed E-state index contributed by atoms with van der Waals surface area (Å²) < 4.78 is 28.0. The number of nitrogens with one attached hydrogen (secondary N) is 1. The lowest BCUT2D eigenvalue weighted by Crippen LogP contribution is -2.35. The van der Waals surface area contributed by atoms with Crippen molar-refractivity contribution in [3.05, 3.63) is 54.6 Å². The van der Waals surface area contributed by atoms with Crippen molar-refractivity contribution in [3.8, 4) is 11.1 Å². The zero-order valence-electron chi connectivity index (χ0n) is 12.6. The molecule has 0 fully saturated rings. The van der Waals surface area contributed by atoms with Crippen LogP contribution in [0.1, 0.15) is 19.8 Å². The van der Waals surface area contributed by atoms with Gasteiger partial charge in [0.05, 0.1) is 4.90 Å². The molecule has 1 unspecified atom stereocenters. The Hall–Kier alpha value is -1.69. The third kappa shape index (κ3) is 3.94. The summed E-state index contributed by atoms with van der Waals surface area (Å²) >= 11 is 0. The lowest BCUT2D eigenvalue weighted by Gasteiger charge is -2.17. The minimum Gasteiger partial charge on any atom is -0.396 e. The van der Waals surface area contributed by atoms with E-state index in [4.69, 9.17) is 5.11 Å². The van der Waals surface area contributed by atoms with Crippen molar-refractivity contribution < 1.29 is 13.5 Å². The van der Waals surface area contributed by atoms with Crippen LogP contribution in [0.4, 0.5) is 0 Å². The largest absolute Gasteiger partial charge is 0.396 e. The molecular weight excluding hydrogens is 298 g/mol. The van der Waals surface area contributed by atoms with Gasteiger partial charge >= 0.3 is 0 Å². The second kappa shape index (κ2) is 7.54. The van der Waals surface area contributed by atoms with E-state index in [1.807, 2.05) is 43.3 Å². The molecular formula is C17H21NO3S. The van der Waals surface area contributed by atoms with E-state index < -0.39 is 10.0 Å². The second-order valence-corrected chi connectivity index (χ2v) is 6.78. The summed E-state index contributed by atoms with van der Waals surface area (Å²) in [6.07, 6.45) is 1.04. The minimum atomic E-state index is -3.63. The Bertz CT molecular complexity index is 699. The lowest BCUT2D eigenvalue weighted by atomic mass is 10.1. The molecule has 0 bridgehead atoms. The van der Waals surface area contributed by atoms with Crippen molar-refractivity contribution in [2.75, 3.05) is 6.61 Å². The van der Waals surface area contributed by atoms with E-state index in [1.54, 1.807) is 18.2 Å². The maximum absolute atomic E-state index is 12.7.